The van der Waals surface area contributed by atoms with Crippen LogP contribution in [-0.2, 0) is 14.4 Å². The largest absolute Gasteiger partial charge is 0.345 e. The van der Waals surface area contributed by atoms with Crippen molar-refractivity contribution in [1.82, 2.24) is 16.0 Å². The van der Waals surface area contributed by atoms with E-state index in [9.17, 15) is 19.2 Å². The number of amides is 3. The molecule has 7 heteroatoms. The lowest BCUT2D eigenvalue weighted by atomic mass is 9.84. The van der Waals surface area contributed by atoms with Gasteiger partial charge in [0.05, 0.1) is 6.04 Å². The summed E-state index contributed by atoms with van der Waals surface area (Å²) in [7, 11) is 0. The van der Waals surface area contributed by atoms with Gasteiger partial charge in [-0.3, -0.25) is 14.4 Å². The van der Waals surface area contributed by atoms with E-state index in [4.69, 9.17) is 0 Å². The SMILES string of the molecule is CC(C)[C@@H](C=O)NC(=O)[C@H](C)NC(=O)[C@@H](CC1CCCCC1)NC(=O)c1ccccc1. The van der Waals surface area contributed by atoms with Crippen molar-refractivity contribution in [2.75, 3.05) is 0 Å². The molecule has 3 amide bonds. The Labute approximate surface area is 184 Å². The van der Waals surface area contributed by atoms with Gasteiger partial charge >= 0.3 is 0 Å². The molecule has 0 spiro atoms. The van der Waals surface area contributed by atoms with E-state index in [0.29, 0.717) is 24.2 Å². The molecule has 170 valence electrons. The average Bonchev–Trinajstić information content (AvgIpc) is 2.77. The molecule has 1 aromatic rings. The summed E-state index contributed by atoms with van der Waals surface area (Å²) in [5.41, 5.74) is 0.487. The topological polar surface area (TPSA) is 104 Å². The Bertz CT molecular complexity index is 744. The van der Waals surface area contributed by atoms with Gasteiger partial charge in [-0.05, 0) is 37.3 Å². The molecule has 3 atom stereocenters. The van der Waals surface area contributed by atoms with Gasteiger partial charge in [-0.2, -0.15) is 0 Å². The van der Waals surface area contributed by atoms with Crippen LogP contribution in [0.3, 0.4) is 0 Å². The van der Waals surface area contributed by atoms with Gasteiger partial charge in [0.2, 0.25) is 11.8 Å². The number of benzene rings is 1. The summed E-state index contributed by atoms with van der Waals surface area (Å²) in [5, 5.41) is 8.22. The molecule has 1 fully saturated rings. The average molecular weight is 430 g/mol. The van der Waals surface area contributed by atoms with Gasteiger partial charge in [0.15, 0.2) is 0 Å². The summed E-state index contributed by atoms with van der Waals surface area (Å²) in [6, 6.07) is 6.62. The second-order valence-corrected chi connectivity index (χ2v) is 8.78. The fourth-order valence-corrected chi connectivity index (χ4v) is 3.85. The van der Waals surface area contributed by atoms with E-state index in [1.54, 1.807) is 31.2 Å². The van der Waals surface area contributed by atoms with E-state index in [-0.39, 0.29) is 17.7 Å². The zero-order chi connectivity index (χ0) is 22.8. The molecule has 0 radical (unpaired) electrons. The zero-order valence-corrected chi connectivity index (χ0v) is 18.7. The van der Waals surface area contributed by atoms with E-state index >= 15 is 0 Å². The standard InChI is InChI=1S/C24H35N3O4/c1-16(2)21(15-28)27-22(29)17(3)25-24(31)20(14-18-10-6-4-7-11-18)26-23(30)19-12-8-5-9-13-19/h5,8-9,12-13,15-18,20-21H,4,6-7,10-11,14H2,1-3H3,(H,25,31)(H,26,30)(H,27,29)/t17-,20+,21+/m0/s1. The van der Waals surface area contributed by atoms with Gasteiger partial charge in [-0.25, -0.2) is 0 Å². The zero-order valence-electron chi connectivity index (χ0n) is 18.7. The first kappa shape index (κ1) is 24.6. The Morgan fingerprint density at radius 3 is 2.16 bits per heavy atom. The highest BCUT2D eigenvalue weighted by molar-refractivity contribution is 5.98. The number of hydrogen-bond donors (Lipinski definition) is 3. The molecule has 3 N–H and O–H groups in total. The normalized spacial score (nSPS) is 17.3. The molecule has 31 heavy (non-hydrogen) atoms. The van der Waals surface area contributed by atoms with Crippen LogP contribution in [0.4, 0.5) is 0 Å². The summed E-state index contributed by atoms with van der Waals surface area (Å²) in [6.07, 6.45) is 6.78. The first-order valence-corrected chi connectivity index (χ1v) is 11.2. The Balaban J connectivity index is 2.04. The number of hydrogen-bond acceptors (Lipinski definition) is 4. The molecule has 0 saturated heterocycles. The van der Waals surface area contributed by atoms with E-state index in [2.05, 4.69) is 16.0 Å². The van der Waals surface area contributed by atoms with Crippen LogP contribution in [0.15, 0.2) is 30.3 Å². The van der Waals surface area contributed by atoms with Crippen LogP contribution < -0.4 is 16.0 Å². The fourth-order valence-electron chi connectivity index (χ4n) is 3.85. The first-order chi connectivity index (χ1) is 14.8. The fraction of sp³-hybridized carbons (Fsp3) is 0.583. The monoisotopic (exact) mass is 429 g/mol. The van der Waals surface area contributed by atoms with Gasteiger partial charge in [-0.1, -0.05) is 64.2 Å². The quantitative estimate of drug-likeness (QED) is 0.497. The van der Waals surface area contributed by atoms with E-state index in [1.807, 2.05) is 19.9 Å². The van der Waals surface area contributed by atoms with Gasteiger partial charge in [0.25, 0.3) is 5.91 Å². The third-order valence-corrected chi connectivity index (χ3v) is 5.88. The third-order valence-electron chi connectivity index (χ3n) is 5.88. The molecule has 0 bridgehead atoms. The van der Waals surface area contributed by atoms with Crippen molar-refractivity contribution < 1.29 is 19.2 Å². The Kier molecular flexibility index (Phi) is 9.69. The van der Waals surface area contributed by atoms with Crippen LogP contribution in [0.5, 0.6) is 0 Å². The summed E-state index contributed by atoms with van der Waals surface area (Å²) in [4.78, 5) is 49.3. The van der Waals surface area contributed by atoms with Crippen molar-refractivity contribution >= 4 is 24.0 Å². The second kappa shape index (κ2) is 12.2. The maximum absolute atomic E-state index is 13.0. The molecule has 0 unspecified atom stereocenters. The molecule has 1 aromatic carbocycles. The van der Waals surface area contributed by atoms with Crippen LogP contribution in [0, 0.1) is 11.8 Å². The Hall–Kier alpha value is -2.70. The van der Waals surface area contributed by atoms with E-state index < -0.39 is 24.0 Å². The van der Waals surface area contributed by atoms with Gasteiger partial charge in [0.1, 0.15) is 18.4 Å². The van der Waals surface area contributed by atoms with Crippen LogP contribution in [0.1, 0.15) is 69.7 Å². The van der Waals surface area contributed by atoms with Gasteiger partial charge in [-0.15, -0.1) is 0 Å². The highest BCUT2D eigenvalue weighted by Gasteiger charge is 2.29. The lowest BCUT2D eigenvalue weighted by Crippen LogP contribution is -2.55. The molecule has 0 aliphatic heterocycles. The highest BCUT2D eigenvalue weighted by Crippen LogP contribution is 2.27. The van der Waals surface area contributed by atoms with Crippen molar-refractivity contribution in [2.24, 2.45) is 11.8 Å². The summed E-state index contributed by atoms with van der Waals surface area (Å²) in [6.45, 7) is 5.25. The minimum Gasteiger partial charge on any atom is -0.345 e. The molecule has 7 nitrogen and oxygen atoms in total. The maximum atomic E-state index is 13.0. The van der Waals surface area contributed by atoms with Crippen molar-refractivity contribution in [2.45, 2.75) is 77.4 Å². The summed E-state index contributed by atoms with van der Waals surface area (Å²) >= 11 is 0. The molecular weight excluding hydrogens is 394 g/mol. The lowest BCUT2D eigenvalue weighted by Gasteiger charge is -2.28. The smallest absolute Gasteiger partial charge is 0.251 e. The molecule has 2 rings (SSSR count). The van der Waals surface area contributed by atoms with Crippen molar-refractivity contribution in [3.8, 4) is 0 Å². The number of rotatable bonds is 10. The first-order valence-electron chi connectivity index (χ1n) is 11.2. The molecule has 1 aliphatic rings. The minimum atomic E-state index is -0.823. The number of nitrogens with one attached hydrogen (secondary N) is 3. The molecular formula is C24H35N3O4. The second-order valence-electron chi connectivity index (χ2n) is 8.78. The third kappa shape index (κ3) is 7.81. The predicted molar refractivity (Wildman–Crippen MR) is 119 cm³/mol. The molecule has 0 aromatic heterocycles. The van der Waals surface area contributed by atoms with Crippen molar-refractivity contribution in [1.29, 1.82) is 0 Å². The van der Waals surface area contributed by atoms with Crippen molar-refractivity contribution in [3.05, 3.63) is 35.9 Å². The van der Waals surface area contributed by atoms with Crippen LogP contribution in [-0.4, -0.2) is 42.1 Å². The molecule has 1 saturated carbocycles. The molecule has 1 aliphatic carbocycles. The van der Waals surface area contributed by atoms with E-state index in [1.165, 1.54) is 6.42 Å². The molecule has 0 heterocycles. The number of carbonyl (C=O) groups excluding carboxylic acids is 4. The van der Waals surface area contributed by atoms with Crippen LogP contribution in [0.25, 0.3) is 0 Å². The maximum Gasteiger partial charge on any atom is 0.251 e. The lowest BCUT2D eigenvalue weighted by molar-refractivity contribution is -0.131. The number of aldehydes is 1. The summed E-state index contributed by atoms with van der Waals surface area (Å²) in [5.74, 6) is -0.803. The Morgan fingerprint density at radius 1 is 0.935 bits per heavy atom. The van der Waals surface area contributed by atoms with Crippen LogP contribution >= 0.6 is 0 Å². The number of carbonyl (C=O) groups is 4. The predicted octanol–water partition coefficient (Wildman–Crippen LogP) is 2.60. The van der Waals surface area contributed by atoms with E-state index in [0.717, 1.165) is 25.7 Å². The minimum absolute atomic E-state index is 0.0476. The van der Waals surface area contributed by atoms with Gasteiger partial charge in [0, 0.05) is 5.56 Å². The van der Waals surface area contributed by atoms with Crippen LogP contribution in [0.2, 0.25) is 0 Å². The Morgan fingerprint density at radius 2 is 1.58 bits per heavy atom. The summed E-state index contributed by atoms with van der Waals surface area (Å²) < 4.78 is 0. The highest BCUT2D eigenvalue weighted by atomic mass is 16.2. The van der Waals surface area contributed by atoms with Gasteiger partial charge < -0.3 is 20.7 Å². The van der Waals surface area contributed by atoms with Crippen molar-refractivity contribution in [3.63, 3.8) is 0 Å².